The molecule has 14 heavy (non-hydrogen) atoms. The molecule has 0 aromatic carbocycles. The summed E-state index contributed by atoms with van der Waals surface area (Å²) in [4.78, 5) is 0. The molecule has 1 aliphatic carbocycles. The van der Waals surface area contributed by atoms with Gasteiger partial charge in [0.15, 0.2) is 0 Å². The highest BCUT2D eigenvalue weighted by Crippen LogP contribution is 1.97. The van der Waals surface area contributed by atoms with Crippen LogP contribution in [0.1, 0.15) is 25.7 Å². The van der Waals surface area contributed by atoms with Gasteiger partial charge in [-0.15, -0.1) is 0 Å². The second kappa shape index (κ2) is 8.31. The molecule has 1 aliphatic rings. The average molecular weight is 186 g/mol. The molecule has 0 saturated heterocycles. The van der Waals surface area contributed by atoms with Crippen molar-refractivity contribution in [1.82, 2.24) is 0 Å². The average Bonchev–Trinajstić information content (AvgIpc) is 2.22. The summed E-state index contributed by atoms with van der Waals surface area (Å²) in [5, 5.41) is 0. The summed E-state index contributed by atoms with van der Waals surface area (Å²) < 4.78 is 0. The molecular formula is C14H18. The van der Waals surface area contributed by atoms with Crippen molar-refractivity contribution in [3.63, 3.8) is 0 Å². The molecule has 0 unspecified atom stereocenters. The Kier molecular flexibility index (Phi) is 6.39. The Bertz CT molecular complexity index is 262. The van der Waals surface area contributed by atoms with Crippen LogP contribution in [0.25, 0.3) is 0 Å². The highest BCUT2D eigenvalue weighted by Gasteiger charge is 1.76. The van der Waals surface area contributed by atoms with E-state index >= 15 is 0 Å². The van der Waals surface area contributed by atoms with Gasteiger partial charge in [0.2, 0.25) is 0 Å². The fraction of sp³-hybridized carbons (Fsp3) is 0.286. The van der Waals surface area contributed by atoms with Gasteiger partial charge in [0.05, 0.1) is 0 Å². The van der Waals surface area contributed by atoms with Crippen LogP contribution in [0, 0.1) is 0 Å². The maximum Gasteiger partial charge on any atom is -0.0163 e. The molecule has 1 rings (SSSR count). The van der Waals surface area contributed by atoms with E-state index in [1.165, 1.54) is 0 Å². The standard InChI is InChI=1S/C14H18/c1-2-4-6-8-10-12-14-13-11-9-7-5-3-1/h1-4,7-11,13H,5-6,12,14H2/b3-1+,4-2-,9-7?,10-8-,13-11-. The fourth-order valence-electron chi connectivity index (χ4n) is 1.21. The second-order valence-electron chi connectivity index (χ2n) is 3.23. The second-order valence-corrected chi connectivity index (χ2v) is 3.23. The zero-order valence-electron chi connectivity index (χ0n) is 8.60. The van der Waals surface area contributed by atoms with Gasteiger partial charge in [-0.25, -0.2) is 0 Å². The Hall–Kier alpha value is -1.30. The fourth-order valence-corrected chi connectivity index (χ4v) is 1.21. The first-order chi connectivity index (χ1) is 7.00. The van der Waals surface area contributed by atoms with Gasteiger partial charge < -0.3 is 0 Å². The lowest BCUT2D eigenvalue weighted by atomic mass is 10.2. The molecule has 0 aromatic rings. The zero-order valence-corrected chi connectivity index (χ0v) is 8.60. The van der Waals surface area contributed by atoms with E-state index in [0.29, 0.717) is 0 Å². The lowest BCUT2D eigenvalue weighted by Gasteiger charge is -1.87. The summed E-state index contributed by atoms with van der Waals surface area (Å²) in [7, 11) is 0. The zero-order chi connectivity index (χ0) is 9.90. The number of hydrogen-bond donors (Lipinski definition) is 0. The molecule has 0 fully saturated rings. The Morgan fingerprint density at radius 2 is 0.929 bits per heavy atom. The molecule has 0 nitrogen and oxygen atoms in total. The van der Waals surface area contributed by atoms with Crippen molar-refractivity contribution in [3.8, 4) is 0 Å². The van der Waals surface area contributed by atoms with Crippen LogP contribution >= 0.6 is 0 Å². The van der Waals surface area contributed by atoms with E-state index in [0.717, 1.165) is 25.7 Å². The van der Waals surface area contributed by atoms with Crippen LogP contribution in [0.3, 0.4) is 0 Å². The lowest BCUT2D eigenvalue weighted by Crippen LogP contribution is -1.66. The van der Waals surface area contributed by atoms with E-state index in [-0.39, 0.29) is 0 Å². The van der Waals surface area contributed by atoms with Crippen LogP contribution in [0.5, 0.6) is 0 Å². The third kappa shape index (κ3) is 6.24. The molecule has 0 bridgehead atoms. The minimum absolute atomic E-state index is 1.02. The van der Waals surface area contributed by atoms with Crippen LogP contribution in [0.2, 0.25) is 0 Å². The van der Waals surface area contributed by atoms with Crippen LogP contribution in [-0.2, 0) is 0 Å². The monoisotopic (exact) mass is 186 g/mol. The van der Waals surface area contributed by atoms with Gasteiger partial charge >= 0.3 is 0 Å². The van der Waals surface area contributed by atoms with Crippen LogP contribution in [0.15, 0.2) is 60.8 Å². The smallest absolute Gasteiger partial charge is 0.0163 e. The molecule has 0 aromatic heterocycles. The third-order valence-electron chi connectivity index (χ3n) is 1.98. The molecule has 0 amide bonds. The first kappa shape index (κ1) is 10.8. The van der Waals surface area contributed by atoms with E-state index in [2.05, 4.69) is 60.8 Å². The molecule has 0 heterocycles. The Morgan fingerprint density at radius 1 is 0.429 bits per heavy atom. The summed E-state index contributed by atoms with van der Waals surface area (Å²) >= 11 is 0. The Balaban J connectivity index is 2.45. The van der Waals surface area contributed by atoms with Crippen molar-refractivity contribution in [2.75, 3.05) is 0 Å². The van der Waals surface area contributed by atoms with Crippen LogP contribution in [-0.4, -0.2) is 0 Å². The molecular weight excluding hydrogens is 168 g/mol. The highest BCUT2D eigenvalue weighted by molar-refractivity contribution is 5.10. The van der Waals surface area contributed by atoms with Crippen LogP contribution < -0.4 is 0 Å². The van der Waals surface area contributed by atoms with Gasteiger partial charge in [-0.2, -0.15) is 0 Å². The molecule has 0 N–H and O–H groups in total. The van der Waals surface area contributed by atoms with E-state index < -0.39 is 0 Å². The molecule has 74 valence electrons. The van der Waals surface area contributed by atoms with Gasteiger partial charge in [0.1, 0.15) is 0 Å². The molecule has 0 saturated carbocycles. The van der Waals surface area contributed by atoms with Gasteiger partial charge in [-0.1, -0.05) is 60.8 Å². The van der Waals surface area contributed by atoms with Crippen molar-refractivity contribution in [2.45, 2.75) is 25.7 Å². The highest BCUT2D eigenvalue weighted by atomic mass is 13.8. The van der Waals surface area contributed by atoms with Crippen molar-refractivity contribution < 1.29 is 0 Å². The SMILES string of the molecule is C1=CC/C=C/C=C\C/C=C\CC/C=C\1. The summed E-state index contributed by atoms with van der Waals surface area (Å²) in [6.07, 6.45) is 26.0. The number of rotatable bonds is 0. The minimum Gasteiger partial charge on any atom is -0.0879 e. The van der Waals surface area contributed by atoms with E-state index in [1.807, 2.05) is 0 Å². The predicted molar refractivity (Wildman–Crippen MR) is 64.2 cm³/mol. The van der Waals surface area contributed by atoms with Gasteiger partial charge in [0.25, 0.3) is 0 Å². The maximum absolute atomic E-state index is 2.24. The summed E-state index contributed by atoms with van der Waals surface area (Å²) in [5.41, 5.74) is 0. The molecule has 0 spiro atoms. The first-order valence-electron chi connectivity index (χ1n) is 5.28. The van der Waals surface area contributed by atoms with Crippen molar-refractivity contribution in [1.29, 1.82) is 0 Å². The summed E-state index contributed by atoms with van der Waals surface area (Å²) in [6.45, 7) is 0. The number of hydrogen-bond acceptors (Lipinski definition) is 0. The maximum atomic E-state index is 2.24. The van der Waals surface area contributed by atoms with Gasteiger partial charge in [-0.05, 0) is 25.7 Å². The van der Waals surface area contributed by atoms with Gasteiger partial charge in [0, 0.05) is 0 Å². The van der Waals surface area contributed by atoms with Crippen molar-refractivity contribution in [2.24, 2.45) is 0 Å². The Labute approximate surface area is 87.0 Å². The predicted octanol–water partition coefficient (Wildman–Crippen LogP) is 4.34. The quantitative estimate of drug-likeness (QED) is 0.494. The third-order valence-corrected chi connectivity index (χ3v) is 1.98. The van der Waals surface area contributed by atoms with Crippen LogP contribution in [0.4, 0.5) is 0 Å². The molecule has 0 atom stereocenters. The molecule has 0 aliphatic heterocycles. The van der Waals surface area contributed by atoms with E-state index in [9.17, 15) is 0 Å². The lowest BCUT2D eigenvalue weighted by molar-refractivity contribution is 1.04. The normalized spacial score (nSPS) is 27.4. The summed E-state index contributed by atoms with van der Waals surface area (Å²) in [5.74, 6) is 0. The topological polar surface area (TPSA) is 0 Å². The van der Waals surface area contributed by atoms with E-state index in [1.54, 1.807) is 0 Å². The Morgan fingerprint density at radius 3 is 1.64 bits per heavy atom. The molecule has 0 radical (unpaired) electrons. The summed E-state index contributed by atoms with van der Waals surface area (Å²) in [6, 6.07) is 0. The largest absolute Gasteiger partial charge is 0.0879 e. The van der Waals surface area contributed by atoms with Gasteiger partial charge in [-0.3, -0.25) is 0 Å². The van der Waals surface area contributed by atoms with Crippen molar-refractivity contribution >= 4 is 0 Å². The van der Waals surface area contributed by atoms with Crippen molar-refractivity contribution in [3.05, 3.63) is 60.8 Å². The van der Waals surface area contributed by atoms with E-state index in [4.69, 9.17) is 0 Å². The molecule has 0 heteroatoms. The first-order valence-corrected chi connectivity index (χ1v) is 5.28. The minimum atomic E-state index is 1.02. The number of allylic oxidation sites excluding steroid dienone is 10.